The third-order valence-electron chi connectivity index (χ3n) is 4.37. The molecule has 1 unspecified atom stereocenters. The van der Waals surface area contributed by atoms with Crippen LogP contribution in [0.3, 0.4) is 0 Å². The molecule has 1 aromatic heterocycles. The number of rotatable bonds is 5. The summed E-state index contributed by atoms with van der Waals surface area (Å²) in [6.07, 6.45) is 5.22. The average molecular weight is 326 g/mol. The molecule has 3 rings (SSSR count). The van der Waals surface area contributed by atoms with Gasteiger partial charge in [-0.15, -0.1) is 5.10 Å². The molecule has 1 amide bonds. The number of nitrogens with one attached hydrogen (secondary N) is 1. The van der Waals surface area contributed by atoms with Gasteiger partial charge in [-0.25, -0.2) is 4.68 Å². The van der Waals surface area contributed by atoms with Crippen LogP contribution in [0.5, 0.6) is 0 Å². The summed E-state index contributed by atoms with van der Waals surface area (Å²) in [7, 11) is 0. The van der Waals surface area contributed by atoms with E-state index in [0.717, 1.165) is 29.7 Å². The number of carbonyl (C=O) groups is 2. The molecule has 24 heavy (non-hydrogen) atoms. The number of hydrogen-bond donors (Lipinski definition) is 1. The van der Waals surface area contributed by atoms with Gasteiger partial charge >= 0.3 is 0 Å². The Hall–Kier alpha value is -2.50. The Morgan fingerprint density at radius 3 is 2.75 bits per heavy atom. The fourth-order valence-electron chi connectivity index (χ4n) is 3.03. The monoisotopic (exact) mass is 326 g/mol. The molecule has 1 aliphatic rings. The maximum absolute atomic E-state index is 11.6. The third-order valence-corrected chi connectivity index (χ3v) is 4.37. The van der Waals surface area contributed by atoms with Crippen LogP contribution in [-0.2, 0) is 22.7 Å². The second kappa shape index (κ2) is 7.38. The summed E-state index contributed by atoms with van der Waals surface area (Å²) in [5.41, 5.74) is 3.11. The molecule has 0 aliphatic heterocycles. The van der Waals surface area contributed by atoms with E-state index in [4.69, 9.17) is 0 Å². The number of Topliss-reactive ketones (excluding diaryl/α,β-unsaturated/α-hetero) is 1. The Labute approximate surface area is 141 Å². The molecule has 0 bridgehead atoms. The number of ketones is 1. The third kappa shape index (κ3) is 4.28. The van der Waals surface area contributed by atoms with Crippen molar-refractivity contribution in [3.63, 3.8) is 0 Å². The van der Waals surface area contributed by atoms with E-state index < -0.39 is 0 Å². The molecule has 6 heteroatoms. The van der Waals surface area contributed by atoms with E-state index in [1.54, 1.807) is 0 Å². The van der Waals surface area contributed by atoms with Gasteiger partial charge in [0.15, 0.2) is 0 Å². The summed E-state index contributed by atoms with van der Waals surface area (Å²) in [6.45, 7) is 2.70. The Kier molecular flexibility index (Phi) is 5.03. The number of amides is 1. The molecular formula is C18H22N4O2. The number of carbonyl (C=O) groups excluding carboxylic acids is 2. The van der Waals surface area contributed by atoms with Crippen LogP contribution in [-0.4, -0.2) is 26.7 Å². The zero-order valence-corrected chi connectivity index (χ0v) is 13.9. The molecule has 1 heterocycles. The lowest BCUT2D eigenvalue weighted by atomic mass is 9.86. The highest BCUT2D eigenvalue weighted by molar-refractivity contribution is 5.79. The van der Waals surface area contributed by atoms with Gasteiger partial charge in [0.2, 0.25) is 5.91 Å². The van der Waals surface area contributed by atoms with Crippen molar-refractivity contribution >= 4 is 11.7 Å². The van der Waals surface area contributed by atoms with Crippen LogP contribution in [0.1, 0.15) is 55.3 Å². The molecule has 1 aromatic carbocycles. The van der Waals surface area contributed by atoms with Gasteiger partial charge in [-0.3, -0.25) is 9.59 Å². The van der Waals surface area contributed by atoms with Crippen molar-refractivity contribution < 1.29 is 9.59 Å². The van der Waals surface area contributed by atoms with E-state index >= 15 is 0 Å². The van der Waals surface area contributed by atoms with E-state index in [1.807, 2.05) is 35.1 Å². The Balaban J connectivity index is 1.60. The minimum atomic E-state index is -0.0320. The first-order chi connectivity index (χ1) is 11.6. The maximum atomic E-state index is 11.6. The van der Waals surface area contributed by atoms with Crippen molar-refractivity contribution in [1.82, 2.24) is 20.3 Å². The Morgan fingerprint density at radius 1 is 1.29 bits per heavy atom. The first kappa shape index (κ1) is 16.4. The lowest BCUT2D eigenvalue weighted by Gasteiger charge is -2.17. The van der Waals surface area contributed by atoms with E-state index in [9.17, 15) is 9.59 Å². The Morgan fingerprint density at radius 2 is 2.04 bits per heavy atom. The van der Waals surface area contributed by atoms with Crippen molar-refractivity contribution in [2.75, 3.05) is 0 Å². The predicted octanol–water partition coefficient (Wildman–Crippen LogP) is 2.19. The summed E-state index contributed by atoms with van der Waals surface area (Å²) in [4.78, 5) is 22.5. The van der Waals surface area contributed by atoms with Gasteiger partial charge in [0.25, 0.3) is 0 Å². The first-order valence-corrected chi connectivity index (χ1v) is 8.34. The van der Waals surface area contributed by atoms with Crippen molar-refractivity contribution in [1.29, 1.82) is 0 Å². The molecule has 1 aliphatic carbocycles. The van der Waals surface area contributed by atoms with Crippen LogP contribution in [0.25, 0.3) is 0 Å². The highest BCUT2D eigenvalue weighted by Gasteiger charge is 2.23. The highest BCUT2D eigenvalue weighted by atomic mass is 16.1. The topological polar surface area (TPSA) is 76.9 Å². The first-order valence-electron chi connectivity index (χ1n) is 8.34. The molecule has 2 aromatic rings. The maximum Gasteiger partial charge on any atom is 0.217 e. The molecule has 0 spiro atoms. The van der Waals surface area contributed by atoms with E-state index in [-0.39, 0.29) is 11.8 Å². The van der Waals surface area contributed by atoms with Gasteiger partial charge in [0.1, 0.15) is 5.78 Å². The fraction of sp³-hybridized carbons (Fsp3) is 0.444. The van der Waals surface area contributed by atoms with Crippen LogP contribution in [0.15, 0.2) is 30.5 Å². The van der Waals surface area contributed by atoms with E-state index in [1.165, 1.54) is 6.92 Å². The second-order valence-corrected chi connectivity index (χ2v) is 6.40. The largest absolute Gasteiger partial charge is 0.352 e. The summed E-state index contributed by atoms with van der Waals surface area (Å²) >= 11 is 0. The normalized spacial score (nSPS) is 17.7. The fourth-order valence-corrected chi connectivity index (χ4v) is 3.03. The van der Waals surface area contributed by atoms with E-state index in [2.05, 4.69) is 15.6 Å². The molecule has 0 radical (unpaired) electrons. The zero-order valence-electron chi connectivity index (χ0n) is 13.9. The zero-order chi connectivity index (χ0) is 16.9. The van der Waals surface area contributed by atoms with Crippen LogP contribution in [0, 0.1) is 0 Å². The van der Waals surface area contributed by atoms with Crippen molar-refractivity contribution in [3.05, 3.63) is 47.3 Å². The quantitative estimate of drug-likeness (QED) is 0.914. The van der Waals surface area contributed by atoms with Crippen LogP contribution >= 0.6 is 0 Å². The number of nitrogens with zero attached hydrogens (tertiary/aromatic N) is 3. The highest BCUT2D eigenvalue weighted by Crippen LogP contribution is 2.29. The summed E-state index contributed by atoms with van der Waals surface area (Å²) in [5, 5.41) is 11.2. The van der Waals surface area contributed by atoms with Crippen LogP contribution in [0.2, 0.25) is 0 Å². The standard InChI is InChI=1S/C18H22N4O2/c1-13(23)19-10-14-5-7-15(8-6-14)11-22-12-18(20-21-22)16-3-2-4-17(24)9-16/h5-8,12,16H,2-4,9-11H2,1H3,(H,19,23). The number of hydrogen-bond acceptors (Lipinski definition) is 4. The van der Waals surface area contributed by atoms with Crippen molar-refractivity contribution in [2.45, 2.75) is 51.6 Å². The van der Waals surface area contributed by atoms with Gasteiger partial charge in [0.05, 0.1) is 12.2 Å². The molecule has 0 saturated heterocycles. The molecule has 1 N–H and O–H groups in total. The number of aromatic nitrogens is 3. The van der Waals surface area contributed by atoms with Gasteiger partial charge < -0.3 is 5.32 Å². The summed E-state index contributed by atoms with van der Waals surface area (Å²) in [5.74, 6) is 0.519. The van der Waals surface area contributed by atoms with Gasteiger partial charge in [-0.1, -0.05) is 29.5 Å². The summed E-state index contributed by atoms with van der Waals surface area (Å²) < 4.78 is 1.82. The summed E-state index contributed by atoms with van der Waals surface area (Å²) in [6, 6.07) is 8.07. The number of benzene rings is 1. The Bertz CT molecular complexity index is 721. The van der Waals surface area contributed by atoms with Gasteiger partial charge in [-0.2, -0.15) is 0 Å². The molecule has 1 fully saturated rings. The van der Waals surface area contributed by atoms with Gasteiger partial charge in [0, 0.05) is 38.4 Å². The van der Waals surface area contributed by atoms with Crippen molar-refractivity contribution in [3.8, 4) is 0 Å². The molecule has 1 atom stereocenters. The minimum absolute atomic E-state index is 0.0320. The molecule has 126 valence electrons. The average Bonchev–Trinajstić information content (AvgIpc) is 3.03. The lowest BCUT2D eigenvalue weighted by molar-refractivity contribution is -0.121. The minimum Gasteiger partial charge on any atom is -0.352 e. The van der Waals surface area contributed by atoms with Crippen molar-refractivity contribution in [2.24, 2.45) is 0 Å². The predicted molar refractivity (Wildman–Crippen MR) is 89.3 cm³/mol. The van der Waals surface area contributed by atoms with Crippen LogP contribution in [0.4, 0.5) is 0 Å². The van der Waals surface area contributed by atoms with Gasteiger partial charge in [-0.05, 0) is 24.0 Å². The second-order valence-electron chi connectivity index (χ2n) is 6.40. The molecular weight excluding hydrogens is 304 g/mol. The smallest absolute Gasteiger partial charge is 0.217 e. The van der Waals surface area contributed by atoms with E-state index in [0.29, 0.717) is 31.7 Å². The molecule has 1 saturated carbocycles. The SMILES string of the molecule is CC(=O)NCc1ccc(Cn2cc(C3CCCC(=O)C3)nn2)cc1. The lowest BCUT2D eigenvalue weighted by Crippen LogP contribution is -2.18. The van der Waals surface area contributed by atoms with Crippen LogP contribution < -0.4 is 5.32 Å². The molecule has 6 nitrogen and oxygen atoms in total.